The molecule has 1 heterocycles. The maximum Gasteiger partial charge on any atom is 0.338 e. The fourth-order valence-corrected chi connectivity index (χ4v) is 1.90. The lowest BCUT2D eigenvalue weighted by Crippen LogP contribution is -2.03. The summed E-state index contributed by atoms with van der Waals surface area (Å²) in [6.07, 6.45) is 1.52. The van der Waals surface area contributed by atoms with E-state index in [0.717, 1.165) is 10.0 Å². The minimum atomic E-state index is -0.409. The van der Waals surface area contributed by atoms with E-state index in [0.29, 0.717) is 18.1 Å². The zero-order chi connectivity index (χ0) is 13.7. The average molecular weight is 322 g/mol. The van der Waals surface area contributed by atoms with Gasteiger partial charge in [0.05, 0.1) is 12.7 Å². The molecule has 0 aliphatic heterocycles. The van der Waals surface area contributed by atoms with Gasteiger partial charge in [-0.1, -0.05) is 34.1 Å². The summed E-state index contributed by atoms with van der Waals surface area (Å²) in [7, 11) is 1.34. The lowest BCUT2D eigenvalue weighted by Gasteiger charge is -2.07. The third-order valence-corrected chi connectivity index (χ3v) is 3.26. The molecule has 0 saturated heterocycles. The highest BCUT2D eigenvalue weighted by atomic mass is 79.9. The first kappa shape index (κ1) is 13.5. The van der Waals surface area contributed by atoms with Gasteiger partial charge < -0.3 is 9.47 Å². The molecule has 0 radical (unpaired) electrons. The van der Waals surface area contributed by atoms with Crippen LogP contribution >= 0.6 is 15.9 Å². The predicted octanol–water partition coefficient (Wildman–Crippen LogP) is 3.21. The molecular formula is C14H12BrNO3. The highest BCUT2D eigenvalue weighted by molar-refractivity contribution is 9.10. The standard InChI is InChI=1S/C14H12BrNO3/c1-18-14(17)10-6-7-16-13(8-10)19-9-11-4-2-3-5-12(11)15/h2-8H,9H2,1H3. The molecule has 2 rings (SSSR count). The van der Waals surface area contributed by atoms with Gasteiger partial charge in [-0.05, 0) is 12.1 Å². The second kappa shape index (κ2) is 6.33. The van der Waals surface area contributed by atoms with Gasteiger partial charge in [0, 0.05) is 22.3 Å². The summed E-state index contributed by atoms with van der Waals surface area (Å²) in [4.78, 5) is 15.4. The summed E-state index contributed by atoms with van der Waals surface area (Å²) in [5.41, 5.74) is 1.42. The van der Waals surface area contributed by atoms with Crippen molar-refractivity contribution < 1.29 is 14.3 Å². The van der Waals surface area contributed by atoms with Crippen molar-refractivity contribution in [2.75, 3.05) is 7.11 Å². The Bertz CT molecular complexity index is 586. The largest absolute Gasteiger partial charge is 0.473 e. The van der Waals surface area contributed by atoms with Gasteiger partial charge in [-0.15, -0.1) is 0 Å². The van der Waals surface area contributed by atoms with Crippen LogP contribution in [0.3, 0.4) is 0 Å². The first-order valence-corrected chi connectivity index (χ1v) is 6.40. The molecule has 19 heavy (non-hydrogen) atoms. The third-order valence-electron chi connectivity index (χ3n) is 2.49. The van der Waals surface area contributed by atoms with Gasteiger partial charge in [0.15, 0.2) is 0 Å². The highest BCUT2D eigenvalue weighted by Gasteiger charge is 2.07. The summed E-state index contributed by atoms with van der Waals surface area (Å²) in [6.45, 7) is 0.374. The molecule has 0 unspecified atom stereocenters. The number of halogens is 1. The molecule has 0 spiro atoms. The van der Waals surface area contributed by atoms with Gasteiger partial charge in [-0.3, -0.25) is 0 Å². The number of hydrogen-bond acceptors (Lipinski definition) is 4. The van der Waals surface area contributed by atoms with Crippen LogP contribution in [0.25, 0.3) is 0 Å². The Balaban J connectivity index is 2.08. The molecule has 0 bridgehead atoms. The van der Waals surface area contributed by atoms with Crippen LogP contribution < -0.4 is 4.74 Å². The number of hydrogen-bond donors (Lipinski definition) is 0. The van der Waals surface area contributed by atoms with Crippen molar-refractivity contribution in [3.05, 3.63) is 58.2 Å². The Labute approximate surface area is 119 Å². The normalized spacial score (nSPS) is 10.0. The van der Waals surface area contributed by atoms with E-state index in [1.807, 2.05) is 24.3 Å². The predicted molar refractivity (Wildman–Crippen MR) is 74.1 cm³/mol. The number of ether oxygens (including phenoxy) is 2. The van der Waals surface area contributed by atoms with E-state index in [2.05, 4.69) is 25.7 Å². The number of methoxy groups -OCH3 is 1. The monoisotopic (exact) mass is 321 g/mol. The molecule has 0 aliphatic rings. The molecule has 0 atom stereocenters. The van der Waals surface area contributed by atoms with Crippen LogP contribution in [-0.4, -0.2) is 18.1 Å². The second-order valence-electron chi connectivity index (χ2n) is 3.75. The van der Waals surface area contributed by atoms with E-state index >= 15 is 0 Å². The zero-order valence-corrected chi connectivity index (χ0v) is 11.9. The molecule has 0 amide bonds. The number of carbonyl (C=O) groups excluding carboxylic acids is 1. The van der Waals surface area contributed by atoms with Gasteiger partial charge in [0.25, 0.3) is 0 Å². The molecule has 1 aromatic carbocycles. The zero-order valence-electron chi connectivity index (χ0n) is 10.3. The van der Waals surface area contributed by atoms with Crippen LogP contribution in [0.2, 0.25) is 0 Å². The van der Waals surface area contributed by atoms with Crippen LogP contribution in [-0.2, 0) is 11.3 Å². The molecule has 4 nitrogen and oxygen atoms in total. The van der Waals surface area contributed by atoms with E-state index in [1.165, 1.54) is 13.3 Å². The van der Waals surface area contributed by atoms with Crippen LogP contribution in [0.5, 0.6) is 5.88 Å². The number of carbonyl (C=O) groups is 1. The Hall–Kier alpha value is -1.88. The topological polar surface area (TPSA) is 48.4 Å². The maximum absolute atomic E-state index is 11.4. The van der Waals surface area contributed by atoms with Crippen molar-refractivity contribution in [2.45, 2.75) is 6.61 Å². The first-order valence-electron chi connectivity index (χ1n) is 5.61. The Morgan fingerprint density at radius 1 is 1.32 bits per heavy atom. The number of esters is 1. The highest BCUT2D eigenvalue weighted by Crippen LogP contribution is 2.18. The van der Waals surface area contributed by atoms with Crippen molar-refractivity contribution in [2.24, 2.45) is 0 Å². The number of aromatic nitrogens is 1. The van der Waals surface area contributed by atoms with Crippen LogP contribution in [0.15, 0.2) is 47.1 Å². The molecular weight excluding hydrogens is 310 g/mol. The molecule has 98 valence electrons. The number of nitrogens with zero attached hydrogens (tertiary/aromatic N) is 1. The molecule has 0 aliphatic carbocycles. The van der Waals surface area contributed by atoms with Crippen LogP contribution in [0, 0.1) is 0 Å². The van der Waals surface area contributed by atoms with Crippen molar-refractivity contribution in [1.29, 1.82) is 0 Å². The first-order chi connectivity index (χ1) is 9.20. The quantitative estimate of drug-likeness (QED) is 0.811. The molecule has 5 heteroatoms. The minimum absolute atomic E-state index is 0.374. The van der Waals surface area contributed by atoms with E-state index in [4.69, 9.17) is 4.74 Å². The van der Waals surface area contributed by atoms with Crippen molar-refractivity contribution >= 4 is 21.9 Å². The summed E-state index contributed by atoms with van der Waals surface area (Å²) < 4.78 is 11.2. The Morgan fingerprint density at radius 3 is 2.84 bits per heavy atom. The van der Waals surface area contributed by atoms with Crippen molar-refractivity contribution in [3.63, 3.8) is 0 Å². The van der Waals surface area contributed by atoms with E-state index in [1.54, 1.807) is 12.1 Å². The number of benzene rings is 1. The molecule has 2 aromatic rings. The smallest absolute Gasteiger partial charge is 0.338 e. The van der Waals surface area contributed by atoms with Crippen molar-refractivity contribution in [1.82, 2.24) is 4.98 Å². The summed E-state index contributed by atoms with van der Waals surface area (Å²) in [5.74, 6) is -0.0215. The summed E-state index contributed by atoms with van der Waals surface area (Å²) in [5, 5.41) is 0. The molecule has 1 aromatic heterocycles. The third kappa shape index (κ3) is 3.54. The van der Waals surface area contributed by atoms with E-state index in [-0.39, 0.29) is 0 Å². The molecule has 0 N–H and O–H groups in total. The summed E-state index contributed by atoms with van der Waals surface area (Å²) >= 11 is 3.44. The molecule has 0 saturated carbocycles. The molecule has 0 fully saturated rings. The lowest BCUT2D eigenvalue weighted by molar-refractivity contribution is 0.0600. The lowest BCUT2D eigenvalue weighted by atomic mass is 10.2. The van der Waals surface area contributed by atoms with Gasteiger partial charge in [-0.2, -0.15) is 0 Å². The number of pyridine rings is 1. The maximum atomic E-state index is 11.4. The second-order valence-corrected chi connectivity index (χ2v) is 4.61. The van der Waals surface area contributed by atoms with Gasteiger partial charge in [-0.25, -0.2) is 9.78 Å². The fourth-order valence-electron chi connectivity index (χ4n) is 1.50. The van der Waals surface area contributed by atoms with Gasteiger partial charge >= 0.3 is 5.97 Å². The average Bonchev–Trinajstić information content (AvgIpc) is 2.46. The number of rotatable bonds is 4. The Kier molecular flexibility index (Phi) is 4.52. The van der Waals surface area contributed by atoms with E-state index < -0.39 is 5.97 Å². The van der Waals surface area contributed by atoms with E-state index in [9.17, 15) is 4.79 Å². The Morgan fingerprint density at radius 2 is 2.11 bits per heavy atom. The fraction of sp³-hybridized carbons (Fsp3) is 0.143. The summed E-state index contributed by atoms with van der Waals surface area (Å²) in [6, 6.07) is 10.9. The van der Waals surface area contributed by atoms with Crippen molar-refractivity contribution in [3.8, 4) is 5.88 Å². The SMILES string of the molecule is COC(=O)c1ccnc(OCc2ccccc2Br)c1. The minimum Gasteiger partial charge on any atom is -0.473 e. The van der Waals surface area contributed by atoms with Gasteiger partial charge in [0.1, 0.15) is 6.61 Å². The van der Waals surface area contributed by atoms with Gasteiger partial charge in [0.2, 0.25) is 5.88 Å². The van der Waals surface area contributed by atoms with Crippen LogP contribution in [0.4, 0.5) is 0 Å². The van der Waals surface area contributed by atoms with Crippen LogP contribution in [0.1, 0.15) is 15.9 Å².